The van der Waals surface area contributed by atoms with Crippen molar-refractivity contribution in [3.05, 3.63) is 28.8 Å². The van der Waals surface area contributed by atoms with Gasteiger partial charge in [-0.15, -0.1) is 0 Å². The molecular weight excluding hydrogens is 236 g/mol. The van der Waals surface area contributed by atoms with Crippen LogP contribution >= 0.6 is 0 Å². The lowest BCUT2D eigenvalue weighted by atomic mass is 9.95. The number of ether oxygens (including phenoxy) is 1. The summed E-state index contributed by atoms with van der Waals surface area (Å²) in [5, 5.41) is 3.58. The Balaban J connectivity index is 3.06. The maximum Gasteiger partial charge on any atom is 0.124 e. The number of rotatable bonds is 7. The molecule has 1 aromatic carbocycles. The van der Waals surface area contributed by atoms with Gasteiger partial charge in [0.25, 0.3) is 0 Å². The molecule has 3 nitrogen and oxygen atoms in total. The quantitative estimate of drug-likeness (QED) is 0.819. The van der Waals surface area contributed by atoms with Crippen molar-refractivity contribution in [3.8, 4) is 5.75 Å². The van der Waals surface area contributed by atoms with E-state index in [4.69, 9.17) is 4.74 Å². The van der Waals surface area contributed by atoms with Crippen LogP contribution in [0.25, 0.3) is 0 Å². The Hall–Kier alpha value is -1.06. The van der Waals surface area contributed by atoms with Crippen LogP contribution in [-0.2, 0) is 0 Å². The molecule has 0 aliphatic heterocycles. The molecule has 0 heterocycles. The minimum Gasteiger partial charge on any atom is -0.496 e. The second kappa shape index (κ2) is 7.51. The average molecular weight is 264 g/mol. The van der Waals surface area contributed by atoms with Gasteiger partial charge < -0.3 is 15.0 Å². The van der Waals surface area contributed by atoms with E-state index in [2.05, 4.69) is 57.2 Å². The first-order valence-electron chi connectivity index (χ1n) is 7.02. The Labute approximate surface area is 118 Å². The summed E-state index contributed by atoms with van der Waals surface area (Å²) in [6.45, 7) is 8.47. The van der Waals surface area contributed by atoms with E-state index in [1.165, 1.54) is 16.7 Å². The minimum absolute atomic E-state index is 0.350. The summed E-state index contributed by atoms with van der Waals surface area (Å²) in [4.78, 5) is 2.22. The van der Waals surface area contributed by atoms with Gasteiger partial charge in [0.15, 0.2) is 0 Å². The van der Waals surface area contributed by atoms with Gasteiger partial charge in [0.1, 0.15) is 5.75 Å². The summed E-state index contributed by atoms with van der Waals surface area (Å²) in [7, 11) is 5.98. The number of nitrogens with zero attached hydrogens (tertiary/aromatic N) is 1. The third kappa shape index (κ3) is 4.51. The van der Waals surface area contributed by atoms with E-state index in [0.29, 0.717) is 6.04 Å². The second-order valence-electron chi connectivity index (χ2n) is 5.40. The molecule has 0 saturated carbocycles. The van der Waals surface area contributed by atoms with Crippen molar-refractivity contribution in [1.29, 1.82) is 0 Å². The molecule has 0 aliphatic rings. The molecular formula is C16H28N2O. The van der Waals surface area contributed by atoms with Crippen LogP contribution in [0.15, 0.2) is 12.1 Å². The number of nitrogens with one attached hydrogen (secondary N) is 1. The van der Waals surface area contributed by atoms with Crippen LogP contribution in [0.3, 0.4) is 0 Å². The first-order valence-corrected chi connectivity index (χ1v) is 7.02. The zero-order valence-electron chi connectivity index (χ0n) is 13.2. The summed E-state index contributed by atoms with van der Waals surface area (Å²) in [6.07, 6.45) is 1.08. The molecule has 0 amide bonds. The molecule has 0 fully saturated rings. The molecule has 0 spiro atoms. The van der Waals surface area contributed by atoms with E-state index in [1.54, 1.807) is 7.11 Å². The molecule has 1 rings (SSSR count). The van der Waals surface area contributed by atoms with Crippen molar-refractivity contribution in [2.75, 3.05) is 34.3 Å². The zero-order chi connectivity index (χ0) is 14.4. The highest BCUT2D eigenvalue weighted by molar-refractivity contribution is 5.45. The third-order valence-corrected chi connectivity index (χ3v) is 3.38. The standard InChI is InChI=1S/C16H28N2O/c1-7-17-14(8-9-18(4)5)16-13(3)10-12(2)11-15(16)19-6/h10-11,14,17H,7-9H2,1-6H3. The SMILES string of the molecule is CCNC(CCN(C)C)c1c(C)cc(C)cc1OC. The van der Waals surface area contributed by atoms with Crippen molar-refractivity contribution in [2.45, 2.75) is 33.2 Å². The monoisotopic (exact) mass is 264 g/mol. The molecule has 0 aromatic heterocycles. The van der Waals surface area contributed by atoms with Crippen LogP contribution < -0.4 is 10.1 Å². The Morgan fingerprint density at radius 1 is 1.26 bits per heavy atom. The minimum atomic E-state index is 0.350. The fourth-order valence-electron chi connectivity index (χ4n) is 2.54. The summed E-state index contributed by atoms with van der Waals surface area (Å²) in [5.74, 6) is 1.00. The van der Waals surface area contributed by atoms with Gasteiger partial charge in [0.05, 0.1) is 7.11 Å². The summed E-state index contributed by atoms with van der Waals surface area (Å²) in [6, 6.07) is 4.71. The molecule has 108 valence electrons. The normalized spacial score (nSPS) is 12.8. The largest absolute Gasteiger partial charge is 0.496 e. The number of methoxy groups -OCH3 is 1. The predicted molar refractivity (Wildman–Crippen MR) is 82.1 cm³/mol. The molecule has 1 unspecified atom stereocenters. The topological polar surface area (TPSA) is 24.5 Å². The maximum absolute atomic E-state index is 5.59. The lowest BCUT2D eigenvalue weighted by molar-refractivity contribution is 0.351. The fourth-order valence-corrected chi connectivity index (χ4v) is 2.54. The molecule has 0 saturated heterocycles. The van der Waals surface area contributed by atoms with Crippen LogP contribution in [-0.4, -0.2) is 39.2 Å². The number of hydrogen-bond donors (Lipinski definition) is 1. The Bertz CT molecular complexity index is 402. The molecule has 0 bridgehead atoms. The van der Waals surface area contributed by atoms with Gasteiger partial charge in [-0.3, -0.25) is 0 Å². The summed E-state index contributed by atoms with van der Waals surface area (Å²) in [5.41, 5.74) is 3.86. The van der Waals surface area contributed by atoms with E-state index >= 15 is 0 Å². The van der Waals surface area contributed by atoms with Crippen molar-refractivity contribution >= 4 is 0 Å². The second-order valence-corrected chi connectivity index (χ2v) is 5.40. The highest BCUT2D eigenvalue weighted by Gasteiger charge is 2.18. The van der Waals surface area contributed by atoms with Gasteiger partial charge in [0.2, 0.25) is 0 Å². The number of hydrogen-bond acceptors (Lipinski definition) is 3. The zero-order valence-corrected chi connectivity index (χ0v) is 13.2. The molecule has 1 atom stereocenters. The molecule has 1 N–H and O–H groups in total. The van der Waals surface area contributed by atoms with Crippen LogP contribution in [0, 0.1) is 13.8 Å². The molecule has 0 aliphatic carbocycles. The van der Waals surface area contributed by atoms with Gasteiger partial charge in [-0.25, -0.2) is 0 Å². The number of aryl methyl sites for hydroxylation is 2. The Morgan fingerprint density at radius 3 is 2.47 bits per heavy atom. The van der Waals surface area contributed by atoms with Gasteiger partial charge in [-0.2, -0.15) is 0 Å². The van der Waals surface area contributed by atoms with Gasteiger partial charge >= 0.3 is 0 Å². The van der Waals surface area contributed by atoms with Crippen LogP contribution in [0.1, 0.15) is 36.1 Å². The van der Waals surface area contributed by atoms with Crippen LogP contribution in [0.4, 0.5) is 0 Å². The summed E-state index contributed by atoms with van der Waals surface area (Å²) >= 11 is 0. The van der Waals surface area contributed by atoms with Crippen molar-refractivity contribution < 1.29 is 4.74 Å². The van der Waals surface area contributed by atoms with Gasteiger partial charge in [-0.05, 0) is 64.6 Å². The van der Waals surface area contributed by atoms with Gasteiger partial charge in [-0.1, -0.05) is 13.0 Å². The Kier molecular flexibility index (Phi) is 6.32. The maximum atomic E-state index is 5.59. The van der Waals surface area contributed by atoms with Crippen LogP contribution in [0.5, 0.6) is 5.75 Å². The average Bonchev–Trinajstić information content (AvgIpc) is 2.34. The smallest absolute Gasteiger partial charge is 0.124 e. The first kappa shape index (κ1) is 16.0. The van der Waals surface area contributed by atoms with Crippen molar-refractivity contribution in [3.63, 3.8) is 0 Å². The van der Waals surface area contributed by atoms with E-state index in [-0.39, 0.29) is 0 Å². The lowest BCUT2D eigenvalue weighted by Crippen LogP contribution is -2.26. The molecule has 19 heavy (non-hydrogen) atoms. The van der Waals surface area contributed by atoms with E-state index in [0.717, 1.165) is 25.3 Å². The van der Waals surface area contributed by atoms with Crippen molar-refractivity contribution in [2.24, 2.45) is 0 Å². The van der Waals surface area contributed by atoms with Gasteiger partial charge in [0, 0.05) is 11.6 Å². The van der Waals surface area contributed by atoms with E-state index in [1.807, 2.05) is 0 Å². The highest BCUT2D eigenvalue weighted by atomic mass is 16.5. The number of benzene rings is 1. The summed E-state index contributed by atoms with van der Waals surface area (Å²) < 4.78 is 5.59. The van der Waals surface area contributed by atoms with Crippen LogP contribution in [0.2, 0.25) is 0 Å². The molecule has 1 aromatic rings. The molecule has 3 heteroatoms. The lowest BCUT2D eigenvalue weighted by Gasteiger charge is -2.24. The third-order valence-electron chi connectivity index (χ3n) is 3.38. The van der Waals surface area contributed by atoms with Crippen molar-refractivity contribution in [1.82, 2.24) is 10.2 Å². The van der Waals surface area contributed by atoms with E-state index in [9.17, 15) is 0 Å². The molecule has 0 radical (unpaired) electrons. The Morgan fingerprint density at radius 2 is 1.95 bits per heavy atom. The predicted octanol–water partition coefficient (Wildman–Crippen LogP) is 2.91. The van der Waals surface area contributed by atoms with E-state index < -0.39 is 0 Å². The fraction of sp³-hybridized carbons (Fsp3) is 0.625. The first-order chi connectivity index (χ1) is 8.99. The highest BCUT2D eigenvalue weighted by Crippen LogP contribution is 2.31.